The molecule has 1 aliphatic rings. The third kappa shape index (κ3) is 5.31. The lowest BCUT2D eigenvalue weighted by Crippen LogP contribution is -2.48. The SMILES string of the molecule is COCCNS(=O)(=O)NC1CCCCC1CO. The lowest BCUT2D eigenvalue weighted by Gasteiger charge is -2.30. The van der Waals surface area contributed by atoms with Gasteiger partial charge in [0, 0.05) is 26.3 Å². The molecule has 0 aromatic rings. The van der Waals surface area contributed by atoms with Crippen LogP contribution in [0.3, 0.4) is 0 Å². The van der Waals surface area contributed by atoms with Gasteiger partial charge in [-0.1, -0.05) is 12.8 Å². The van der Waals surface area contributed by atoms with E-state index in [0.29, 0.717) is 6.61 Å². The Kier molecular flexibility index (Phi) is 6.35. The maximum absolute atomic E-state index is 11.7. The molecule has 2 unspecified atom stereocenters. The number of aliphatic hydroxyl groups is 1. The second kappa shape index (κ2) is 7.27. The van der Waals surface area contributed by atoms with E-state index < -0.39 is 10.2 Å². The van der Waals surface area contributed by atoms with Crippen molar-refractivity contribution in [2.24, 2.45) is 5.92 Å². The van der Waals surface area contributed by atoms with E-state index in [1.165, 1.54) is 7.11 Å². The van der Waals surface area contributed by atoms with E-state index in [-0.39, 0.29) is 25.1 Å². The summed E-state index contributed by atoms with van der Waals surface area (Å²) in [6, 6.07) is -0.159. The van der Waals surface area contributed by atoms with Crippen LogP contribution in [-0.4, -0.2) is 46.4 Å². The van der Waals surface area contributed by atoms with Crippen LogP contribution in [0.1, 0.15) is 25.7 Å². The molecule has 3 N–H and O–H groups in total. The summed E-state index contributed by atoms with van der Waals surface area (Å²) >= 11 is 0. The molecule has 0 spiro atoms. The Morgan fingerprint density at radius 1 is 1.35 bits per heavy atom. The van der Waals surface area contributed by atoms with Gasteiger partial charge in [-0.05, 0) is 18.8 Å². The Labute approximate surface area is 103 Å². The molecule has 0 radical (unpaired) electrons. The van der Waals surface area contributed by atoms with Gasteiger partial charge in [-0.2, -0.15) is 17.9 Å². The van der Waals surface area contributed by atoms with E-state index in [9.17, 15) is 13.5 Å². The van der Waals surface area contributed by atoms with Gasteiger partial charge in [0.05, 0.1) is 6.61 Å². The Morgan fingerprint density at radius 2 is 2.06 bits per heavy atom. The molecule has 0 bridgehead atoms. The fourth-order valence-electron chi connectivity index (χ4n) is 2.10. The van der Waals surface area contributed by atoms with Gasteiger partial charge in [-0.25, -0.2) is 0 Å². The van der Waals surface area contributed by atoms with E-state index in [1.54, 1.807) is 0 Å². The topological polar surface area (TPSA) is 87.7 Å². The van der Waals surface area contributed by atoms with Crippen molar-refractivity contribution in [2.75, 3.05) is 26.9 Å². The average molecular weight is 266 g/mol. The summed E-state index contributed by atoms with van der Waals surface area (Å²) in [5.41, 5.74) is 0. The molecule has 1 rings (SSSR count). The molecule has 2 atom stereocenters. The summed E-state index contributed by atoms with van der Waals surface area (Å²) in [6.45, 7) is 0.628. The first-order valence-electron chi connectivity index (χ1n) is 5.96. The van der Waals surface area contributed by atoms with Gasteiger partial charge in [0.25, 0.3) is 10.2 Å². The van der Waals surface area contributed by atoms with Crippen molar-refractivity contribution in [2.45, 2.75) is 31.7 Å². The Hall–Kier alpha value is -0.210. The molecule has 0 amide bonds. The van der Waals surface area contributed by atoms with Crippen LogP contribution in [-0.2, 0) is 14.9 Å². The summed E-state index contributed by atoms with van der Waals surface area (Å²) in [5.74, 6) is 0.0303. The first-order chi connectivity index (χ1) is 8.09. The van der Waals surface area contributed by atoms with Crippen LogP contribution < -0.4 is 9.44 Å². The predicted molar refractivity (Wildman–Crippen MR) is 64.8 cm³/mol. The molecule has 17 heavy (non-hydrogen) atoms. The highest BCUT2D eigenvalue weighted by molar-refractivity contribution is 7.87. The number of methoxy groups -OCH3 is 1. The highest BCUT2D eigenvalue weighted by Crippen LogP contribution is 2.24. The van der Waals surface area contributed by atoms with Crippen LogP contribution in [0.25, 0.3) is 0 Å². The molecule has 7 heteroatoms. The molecule has 0 saturated heterocycles. The molecule has 1 saturated carbocycles. The van der Waals surface area contributed by atoms with Gasteiger partial charge >= 0.3 is 0 Å². The molecule has 102 valence electrons. The minimum atomic E-state index is -3.49. The van der Waals surface area contributed by atoms with Crippen LogP contribution in [0.15, 0.2) is 0 Å². The third-order valence-electron chi connectivity index (χ3n) is 3.05. The van der Waals surface area contributed by atoms with Crippen LogP contribution in [0.5, 0.6) is 0 Å². The van der Waals surface area contributed by atoms with E-state index >= 15 is 0 Å². The maximum atomic E-state index is 11.7. The molecule has 1 aliphatic carbocycles. The fourth-order valence-corrected chi connectivity index (χ4v) is 3.24. The minimum absolute atomic E-state index is 0.0303. The number of nitrogens with one attached hydrogen (secondary N) is 2. The maximum Gasteiger partial charge on any atom is 0.277 e. The van der Waals surface area contributed by atoms with Gasteiger partial charge in [-0.15, -0.1) is 0 Å². The first kappa shape index (κ1) is 14.8. The van der Waals surface area contributed by atoms with Crippen LogP contribution in [0.4, 0.5) is 0 Å². The van der Waals surface area contributed by atoms with Crippen molar-refractivity contribution in [1.29, 1.82) is 0 Å². The Balaban J connectivity index is 2.44. The molecule has 0 aromatic heterocycles. The summed E-state index contributed by atoms with van der Waals surface area (Å²) in [5, 5.41) is 9.20. The molecular formula is C10H22N2O4S. The lowest BCUT2D eigenvalue weighted by molar-refractivity contribution is 0.163. The predicted octanol–water partition coefficient (Wildman–Crippen LogP) is -0.392. The Bertz CT molecular complexity index is 307. The largest absolute Gasteiger partial charge is 0.396 e. The quantitative estimate of drug-likeness (QED) is 0.548. The van der Waals surface area contributed by atoms with Crippen LogP contribution in [0.2, 0.25) is 0 Å². The van der Waals surface area contributed by atoms with Gasteiger partial charge in [-0.3, -0.25) is 0 Å². The standard InChI is InChI=1S/C10H22N2O4S/c1-16-7-6-11-17(14,15)12-10-5-3-2-4-9(10)8-13/h9-13H,2-8H2,1H3. The highest BCUT2D eigenvalue weighted by atomic mass is 32.2. The van der Waals surface area contributed by atoms with Crippen LogP contribution in [0, 0.1) is 5.92 Å². The second-order valence-corrected chi connectivity index (χ2v) is 5.87. The number of hydrogen-bond donors (Lipinski definition) is 3. The zero-order chi connectivity index (χ0) is 12.7. The van der Waals surface area contributed by atoms with E-state index in [0.717, 1.165) is 25.7 Å². The summed E-state index contributed by atoms with van der Waals surface area (Å²) in [4.78, 5) is 0. The molecular weight excluding hydrogens is 244 g/mol. The molecule has 0 heterocycles. The molecule has 0 aliphatic heterocycles. The number of hydrogen-bond acceptors (Lipinski definition) is 4. The van der Waals surface area contributed by atoms with Crippen molar-refractivity contribution < 1.29 is 18.3 Å². The van der Waals surface area contributed by atoms with Crippen LogP contribution >= 0.6 is 0 Å². The summed E-state index contributed by atoms with van der Waals surface area (Å²) in [7, 11) is -1.97. The highest BCUT2D eigenvalue weighted by Gasteiger charge is 2.27. The van der Waals surface area contributed by atoms with Crippen molar-refractivity contribution in [3.8, 4) is 0 Å². The number of ether oxygens (including phenoxy) is 1. The van der Waals surface area contributed by atoms with Crippen molar-refractivity contribution >= 4 is 10.2 Å². The van der Waals surface area contributed by atoms with E-state index in [2.05, 4.69) is 9.44 Å². The van der Waals surface area contributed by atoms with Gasteiger partial charge in [0.2, 0.25) is 0 Å². The second-order valence-electron chi connectivity index (χ2n) is 4.34. The smallest absolute Gasteiger partial charge is 0.277 e. The summed E-state index contributed by atoms with van der Waals surface area (Å²) in [6.07, 6.45) is 3.72. The average Bonchev–Trinajstić information content (AvgIpc) is 2.29. The van der Waals surface area contributed by atoms with Crippen molar-refractivity contribution in [3.05, 3.63) is 0 Å². The minimum Gasteiger partial charge on any atom is -0.396 e. The third-order valence-corrected chi connectivity index (χ3v) is 4.25. The van der Waals surface area contributed by atoms with Crippen molar-refractivity contribution in [1.82, 2.24) is 9.44 Å². The zero-order valence-electron chi connectivity index (χ0n) is 10.2. The molecule has 1 fully saturated rings. The number of aliphatic hydroxyl groups excluding tert-OH is 1. The van der Waals surface area contributed by atoms with Crippen molar-refractivity contribution in [3.63, 3.8) is 0 Å². The zero-order valence-corrected chi connectivity index (χ0v) is 11.0. The normalized spacial score (nSPS) is 26.0. The number of rotatable bonds is 7. The molecule has 0 aromatic carbocycles. The van der Waals surface area contributed by atoms with Gasteiger partial charge in [0.15, 0.2) is 0 Å². The van der Waals surface area contributed by atoms with Gasteiger partial charge in [0.1, 0.15) is 0 Å². The Morgan fingerprint density at radius 3 is 2.71 bits per heavy atom. The van der Waals surface area contributed by atoms with Gasteiger partial charge < -0.3 is 9.84 Å². The lowest BCUT2D eigenvalue weighted by atomic mass is 9.86. The monoisotopic (exact) mass is 266 g/mol. The first-order valence-corrected chi connectivity index (χ1v) is 7.44. The van der Waals surface area contributed by atoms with E-state index in [4.69, 9.17) is 4.74 Å². The summed E-state index contributed by atoms with van der Waals surface area (Å²) < 4.78 is 33.1. The van der Waals surface area contributed by atoms with E-state index in [1.807, 2.05) is 0 Å². The fraction of sp³-hybridized carbons (Fsp3) is 1.00. The molecule has 6 nitrogen and oxygen atoms in total.